The van der Waals surface area contributed by atoms with Crippen molar-refractivity contribution in [3.63, 3.8) is 0 Å². The fourth-order valence-electron chi connectivity index (χ4n) is 4.33. The van der Waals surface area contributed by atoms with Crippen LogP contribution in [0.4, 0.5) is 5.69 Å². The molecule has 0 radical (unpaired) electrons. The number of aryl methyl sites for hydroxylation is 1. The van der Waals surface area contributed by atoms with E-state index in [4.69, 9.17) is 0 Å². The van der Waals surface area contributed by atoms with E-state index in [9.17, 15) is 14.4 Å². The van der Waals surface area contributed by atoms with Crippen molar-refractivity contribution >= 4 is 50.4 Å². The molecule has 0 bridgehead atoms. The highest BCUT2D eigenvalue weighted by atomic mass is 32.1. The minimum atomic E-state index is -0.529. The number of fused-ring (bicyclic) bond motifs is 1. The van der Waals surface area contributed by atoms with Crippen molar-refractivity contribution in [1.29, 1.82) is 0 Å². The van der Waals surface area contributed by atoms with E-state index < -0.39 is 5.92 Å². The van der Waals surface area contributed by atoms with Gasteiger partial charge in [0.2, 0.25) is 11.8 Å². The number of hydrogen-bond donors (Lipinski definition) is 1. The number of aromatic amines is 1. The third-order valence-electron chi connectivity index (χ3n) is 5.91. The van der Waals surface area contributed by atoms with Crippen LogP contribution in [-0.4, -0.2) is 33.7 Å². The predicted octanol–water partition coefficient (Wildman–Crippen LogP) is 4.11. The maximum absolute atomic E-state index is 13.6. The number of aromatic nitrogens is 2. The lowest BCUT2D eigenvalue weighted by atomic mass is 9.97. The van der Waals surface area contributed by atoms with E-state index in [2.05, 4.69) is 9.97 Å². The van der Waals surface area contributed by atoms with Crippen molar-refractivity contribution in [1.82, 2.24) is 14.9 Å². The van der Waals surface area contributed by atoms with Crippen LogP contribution in [0.5, 0.6) is 0 Å². The van der Waals surface area contributed by atoms with Crippen molar-refractivity contribution in [2.75, 3.05) is 11.9 Å². The molecule has 1 N–H and O–H groups in total. The average molecular weight is 479 g/mol. The summed E-state index contributed by atoms with van der Waals surface area (Å²) in [6, 6.07) is 13.1. The molecule has 7 nitrogen and oxygen atoms in total. The van der Waals surface area contributed by atoms with Crippen molar-refractivity contribution in [2.24, 2.45) is 5.92 Å². The number of nitrogens with one attached hydrogen (secondary N) is 1. The molecule has 2 amide bonds. The number of thiophene rings is 2. The minimum absolute atomic E-state index is 0.0739. The van der Waals surface area contributed by atoms with Gasteiger partial charge in [-0.25, -0.2) is 4.98 Å². The second kappa shape index (κ2) is 8.57. The highest BCUT2D eigenvalue weighted by Crippen LogP contribution is 2.43. The van der Waals surface area contributed by atoms with E-state index in [0.717, 1.165) is 16.1 Å². The van der Waals surface area contributed by atoms with E-state index >= 15 is 0 Å². The highest BCUT2D eigenvalue weighted by Gasteiger charge is 2.46. The molecule has 1 saturated heterocycles. The van der Waals surface area contributed by atoms with E-state index in [1.165, 1.54) is 11.3 Å². The van der Waals surface area contributed by atoms with Crippen LogP contribution in [0, 0.1) is 12.8 Å². The quantitative estimate of drug-likeness (QED) is 0.468. The molecule has 0 saturated carbocycles. The van der Waals surface area contributed by atoms with Crippen LogP contribution in [0.3, 0.4) is 0 Å². The number of benzene rings is 1. The van der Waals surface area contributed by atoms with Gasteiger partial charge in [0, 0.05) is 24.0 Å². The molecule has 3 aromatic heterocycles. The molecule has 168 valence electrons. The lowest BCUT2D eigenvalue weighted by Gasteiger charge is -2.29. The SMILES string of the molecule is Cc1ccc(N2C(=O)C[C@@H](C(=O)N(C)Cc3nc4ccsc4c(=O)[nH]3)[C@H]2c2cccs2)cc1. The lowest BCUT2D eigenvalue weighted by Crippen LogP contribution is -2.37. The monoisotopic (exact) mass is 478 g/mol. The van der Waals surface area contributed by atoms with Gasteiger partial charge in [-0.1, -0.05) is 23.8 Å². The van der Waals surface area contributed by atoms with Crippen LogP contribution >= 0.6 is 22.7 Å². The summed E-state index contributed by atoms with van der Waals surface area (Å²) in [5.41, 5.74) is 2.31. The van der Waals surface area contributed by atoms with E-state index in [1.54, 1.807) is 34.3 Å². The van der Waals surface area contributed by atoms with E-state index in [-0.39, 0.29) is 36.4 Å². The largest absolute Gasteiger partial charge is 0.338 e. The normalized spacial score (nSPS) is 18.2. The van der Waals surface area contributed by atoms with E-state index in [1.807, 2.05) is 54.1 Å². The number of hydrogen-bond acceptors (Lipinski definition) is 6. The fraction of sp³-hybridized carbons (Fsp3) is 0.250. The molecule has 4 heterocycles. The zero-order chi connectivity index (χ0) is 23.1. The molecule has 1 aromatic carbocycles. The number of anilines is 1. The van der Waals surface area contributed by atoms with Gasteiger partial charge in [0.1, 0.15) is 10.5 Å². The Morgan fingerprint density at radius 1 is 1.15 bits per heavy atom. The average Bonchev–Trinajstić information content (AvgIpc) is 3.53. The summed E-state index contributed by atoms with van der Waals surface area (Å²) in [4.78, 5) is 50.5. The first-order valence-corrected chi connectivity index (χ1v) is 12.3. The minimum Gasteiger partial charge on any atom is -0.338 e. The van der Waals surface area contributed by atoms with Crippen LogP contribution in [0.25, 0.3) is 10.2 Å². The van der Waals surface area contributed by atoms with Gasteiger partial charge in [-0.15, -0.1) is 22.7 Å². The summed E-state index contributed by atoms with van der Waals surface area (Å²) in [5.74, 6) is -0.326. The molecule has 0 spiro atoms. The number of H-pyrrole nitrogens is 1. The lowest BCUT2D eigenvalue weighted by molar-refractivity contribution is -0.135. The zero-order valence-electron chi connectivity index (χ0n) is 18.1. The third-order valence-corrected chi connectivity index (χ3v) is 7.76. The Morgan fingerprint density at radius 3 is 2.67 bits per heavy atom. The topological polar surface area (TPSA) is 86.4 Å². The highest BCUT2D eigenvalue weighted by molar-refractivity contribution is 7.17. The second-order valence-electron chi connectivity index (χ2n) is 8.21. The summed E-state index contributed by atoms with van der Waals surface area (Å²) in [7, 11) is 1.69. The molecule has 2 atom stereocenters. The molecular formula is C24H22N4O3S2. The maximum Gasteiger partial charge on any atom is 0.268 e. The van der Waals surface area contributed by atoms with Gasteiger partial charge in [0.25, 0.3) is 5.56 Å². The molecule has 0 aliphatic carbocycles. The van der Waals surface area contributed by atoms with Gasteiger partial charge in [-0.3, -0.25) is 14.4 Å². The Hall–Kier alpha value is -3.30. The summed E-state index contributed by atoms with van der Waals surface area (Å²) in [6.07, 6.45) is 0.132. The Morgan fingerprint density at radius 2 is 1.94 bits per heavy atom. The first kappa shape index (κ1) is 21.5. The molecule has 0 unspecified atom stereocenters. The molecule has 1 aliphatic rings. The zero-order valence-corrected chi connectivity index (χ0v) is 19.8. The second-order valence-corrected chi connectivity index (χ2v) is 10.1. The number of amides is 2. The van der Waals surface area contributed by atoms with E-state index in [0.29, 0.717) is 16.0 Å². The standard InChI is InChI=1S/C24H22N4O3S2/c1-14-5-7-15(8-6-14)28-20(29)12-16(21(28)18-4-3-10-32-18)24(31)27(2)13-19-25-17-9-11-33-22(17)23(30)26-19/h3-11,16,21H,12-13H2,1-2H3,(H,25,26,30)/t16-,21+/m1/s1. The first-order chi connectivity index (χ1) is 15.9. The van der Waals surface area contributed by atoms with Gasteiger partial charge in [0.15, 0.2) is 0 Å². The first-order valence-electron chi connectivity index (χ1n) is 10.6. The Labute approximate surface area is 198 Å². The third kappa shape index (κ3) is 3.98. The van der Waals surface area contributed by atoms with Crippen LogP contribution in [0.15, 0.2) is 58.0 Å². The molecule has 5 rings (SSSR count). The number of carbonyl (C=O) groups excluding carboxylic acids is 2. The number of rotatable bonds is 5. The molecule has 33 heavy (non-hydrogen) atoms. The van der Waals surface area contributed by atoms with Crippen molar-refractivity contribution in [3.8, 4) is 0 Å². The summed E-state index contributed by atoms with van der Waals surface area (Å²) >= 11 is 2.88. The van der Waals surface area contributed by atoms with Crippen LogP contribution in [-0.2, 0) is 16.1 Å². The summed E-state index contributed by atoms with van der Waals surface area (Å²) in [6.45, 7) is 2.16. The van der Waals surface area contributed by atoms with Crippen molar-refractivity contribution in [2.45, 2.75) is 25.9 Å². The Balaban J connectivity index is 1.44. The molecule has 1 fully saturated rings. The van der Waals surface area contributed by atoms with Gasteiger partial charge >= 0.3 is 0 Å². The van der Waals surface area contributed by atoms with Gasteiger partial charge in [0.05, 0.1) is 24.0 Å². The van der Waals surface area contributed by atoms with Gasteiger partial charge < -0.3 is 14.8 Å². The fourth-order valence-corrected chi connectivity index (χ4v) is 5.94. The van der Waals surface area contributed by atoms with Crippen molar-refractivity contribution < 1.29 is 9.59 Å². The number of carbonyl (C=O) groups is 2. The maximum atomic E-state index is 13.6. The Kier molecular flexibility index (Phi) is 5.59. The summed E-state index contributed by atoms with van der Waals surface area (Å²) < 4.78 is 0.570. The predicted molar refractivity (Wildman–Crippen MR) is 131 cm³/mol. The Bertz CT molecular complexity index is 1370. The van der Waals surface area contributed by atoms with Gasteiger partial charge in [-0.05, 0) is 41.9 Å². The molecule has 9 heteroatoms. The number of nitrogens with zero attached hydrogens (tertiary/aromatic N) is 3. The van der Waals surface area contributed by atoms with Crippen molar-refractivity contribution in [3.05, 3.63) is 79.8 Å². The summed E-state index contributed by atoms with van der Waals surface area (Å²) in [5, 5.41) is 3.78. The molecule has 4 aromatic rings. The van der Waals surface area contributed by atoms with Gasteiger partial charge in [-0.2, -0.15) is 0 Å². The van der Waals surface area contributed by atoms with Crippen LogP contribution in [0.2, 0.25) is 0 Å². The molecular weight excluding hydrogens is 456 g/mol. The smallest absolute Gasteiger partial charge is 0.268 e. The molecule has 1 aliphatic heterocycles. The van der Waals surface area contributed by atoms with Crippen LogP contribution in [0.1, 0.15) is 28.7 Å². The van der Waals surface area contributed by atoms with Crippen LogP contribution < -0.4 is 10.5 Å².